The van der Waals surface area contributed by atoms with Gasteiger partial charge in [-0.25, -0.2) is 8.42 Å². The van der Waals surface area contributed by atoms with Gasteiger partial charge in [-0.2, -0.15) is 14.5 Å². The van der Waals surface area contributed by atoms with Gasteiger partial charge in [-0.05, 0) is 26.7 Å². The molecule has 0 N–H and O–H groups in total. The summed E-state index contributed by atoms with van der Waals surface area (Å²) < 4.78 is 31.5. The molecule has 0 atom stereocenters. The van der Waals surface area contributed by atoms with Gasteiger partial charge in [0.05, 0.1) is 11.4 Å². The van der Waals surface area contributed by atoms with Crippen molar-refractivity contribution in [3.63, 3.8) is 0 Å². The molecule has 0 aliphatic carbocycles. The molecule has 152 valence electrons. The van der Waals surface area contributed by atoms with Gasteiger partial charge in [0.1, 0.15) is 4.90 Å². The Labute approximate surface area is 165 Å². The van der Waals surface area contributed by atoms with Crippen LogP contribution in [0.5, 0.6) is 0 Å². The molecule has 28 heavy (non-hydrogen) atoms. The molecule has 4 heterocycles. The van der Waals surface area contributed by atoms with Crippen LogP contribution in [0.1, 0.15) is 46.0 Å². The van der Waals surface area contributed by atoms with Crippen LogP contribution in [0.3, 0.4) is 0 Å². The molecule has 0 radical (unpaired) electrons. The lowest BCUT2D eigenvalue weighted by atomic mass is 10.1. The van der Waals surface area contributed by atoms with Crippen molar-refractivity contribution in [2.45, 2.75) is 44.6 Å². The first kappa shape index (κ1) is 19.1. The fourth-order valence-corrected chi connectivity index (χ4v) is 6.08. The standard InChI is InChI=1S/C18H26N6O3S/c1-12-17(13(2)21(3)19-12)28(26,27)24-10-7-15-14(11-24)16(20-22(15)4)18(25)23-8-5-6-9-23/h5-11H2,1-4H3. The van der Waals surface area contributed by atoms with Crippen LogP contribution in [0.25, 0.3) is 0 Å². The zero-order valence-electron chi connectivity index (χ0n) is 16.8. The lowest BCUT2D eigenvalue weighted by molar-refractivity contribution is 0.0784. The van der Waals surface area contributed by atoms with Gasteiger partial charge in [0.25, 0.3) is 5.91 Å². The van der Waals surface area contributed by atoms with Crippen LogP contribution in [0.15, 0.2) is 4.90 Å². The SMILES string of the molecule is Cc1nn(C)c(C)c1S(=O)(=O)N1CCc2c(c(C(=O)N3CCCC3)nn2C)C1. The fraction of sp³-hybridized carbons (Fsp3) is 0.611. The molecule has 2 aliphatic rings. The highest BCUT2D eigenvalue weighted by Gasteiger charge is 2.37. The smallest absolute Gasteiger partial charge is 0.274 e. The number of sulfonamides is 1. The highest BCUT2D eigenvalue weighted by molar-refractivity contribution is 7.89. The molecule has 1 amide bonds. The van der Waals surface area contributed by atoms with E-state index in [2.05, 4.69) is 10.2 Å². The monoisotopic (exact) mass is 406 g/mol. The largest absolute Gasteiger partial charge is 0.337 e. The fourth-order valence-electron chi connectivity index (χ4n) is 4.27. The van der Waals surface area contributed by atoms with Crippen molar-refractivity contribution >= 4 is 15.9 Å². The highest BCUT2D eigenvalue weighted by Crippen LogP contribution is 2.30. The molecule has 4 rings (SSSR count). The Hall–Kier alpha value is -2.20. The van der Waals surface area contributed by atoms with Crippen molar-refractivity contribution in [3.8, 4) is 0 Å². The molecule has 0 spiro atoms. The third kappa shape index (κ3) is 2.86. The van der Waals surface area contributed by atoms with Gasteiger partial charge >= 0.3 is 0 Å². The Morgan fingerprint density at radius 1 is 1.00 bits per heavy atom. The van der Waals surface area contributed by atoms with Gasteiger partial charge in [-0.15, -0.1) is 0 Å². The van der Waals surface area contributed by atoms with Crippen LogP contribution in [-0.2, 0) is 37.1 Å². The van der Waals surface area contributed by atoms with Gasteiger partial charge in [-0.3, -0.25) is 14.2 Å². The molecule has 2 aromatic rings. The third-order valence-corrected chi connectivity index (χ3v) is 7.94. The molecule has 0 aromatic carbocycles. The molecule has 0 saturated carbocycles. The van der Waals surface area contributed by atoms with Gasteiger partial charge in [0.15, 0.2) is 5.69 Å². The Morgan fingerprint density at radius 2 is 1.68 bits per heavy atom. The number of fused-ring (bicyclic) bond motifs is 1. The average molecular weight is 407 g/mol. The summed E-state index contributed by atoms with van der Waals surface area (Å²) in [5.41, 5.74) is 3.16. The van der Waals surface area contributed by atoms with Crippen LogP contribution < -0.4 is 0 Å². The number of aromatic nitrogens is 4. The van der Waals surface area contributed by atoms with E-state index in [9.17, 15) is 13.2 Å². The summed E-state index contributed by atoms with van der Waals surface area (Å²) in [4.78, 5) is 15.0. The van der Waals surface area contributed by atoms with Crippen LogP contribution in [-0.4, -0.2) is 62.7 Å². The minimum absolute atomic E-state index is 0.0951. The molecule has 1 saturated heterocycles. The van der Waals surface area contributed by atoms with E-state index in [1.54, 1.807) is 30.3 Å². The van der Waals surface area contributed by atoms with E-state index in [1.165, 1.54) is 4.31 Å². The van der Waals surface area contributed by atoms with E-state index in [0.717, 1.165) is 37.2 Å². The maximum absolute atomic E-state index is 13.3. The van der Waals surface area contributed by atoms with Gasteiger partial charge < -0.3 is 4.90 Å². The Balaban J connectivity index is 1.70. The minimum Gasteiger partial charge on any atom is -0.337 e. The Kier molecular flexibility index (Phi) is 4.58. The molecule has 0 unspecified atom stereocenters. The van der Waals surface area contributed by atoms with Crippen LogP contribution >= 0.6 is 0 Å². The summed E-state index contributed by atoms with van der Waals surface area (Å²) in [5.74, 6) is -0.0951. The second-order valence-corrected chi connectivity index (χ2v) is 9.48. The Morgan fingerprint density at radius 3 is 2.29 bits per heavy atom. The predicted octanol–water partition coefficient (Wildman–Crippen LogP) is 0.753. The van der Waals surface area contributed by atoms with Crippen LogP contribution in [0.4, 0.5) is 0 Å². The van der Waals surface area contributed by atoms with E-state index in [4.69, 9.17) is 0 Å². The third-order valence-electron chi connectivity index (χ3n) is 5.84. The van der Waals surface area contributed by atoms with Gasteiger partial charge in [-0.1, -0.05) is 0 Å². The number of hydrogen-bond acceptors (Lipinski definition) is 5. The number of rotatable bonds is 3. The summed E-state index contributed by atoms with van der Waals surface area (Å²) in [6.45, 7) is 5.46. The molecular weight excluding hydrogens is 380 g/mol. The van der Waals surface area contributed by atoms with E-state index in [-0.39, 0.29) is 17.3 Å². The summed E-state index contributed by atoms with van der Waals surface area (Å²) in [7, 11) is -0.151. The van der Waals surface area contributed by atoms with Crippen molar-refractivity contribution in [2.75, 3.05) is 19.6 Å². The number of likely N-dealkylation sites (tertiary alicyclic amines) is 1. The summed E-state index contributed by atoms with van der Waals surface area (Å²) in [6.07, 6.45) is 2.53. The van der Waals surface area contributed by atoms with Crippen molar-refractivity contribution in [1.82, 2.24) is 28.8 Å². The number of carbonyl (C=O) groups excluding carboxylic acids is 1. The molecule has 2 aromatic heterocycles. The molecule has 9 nitrogen and oxygen atoms in total. The lowest BCUT2D eigenvalue weighted by Crippen LogP contribution is -2.37. The van der Waals surface area contributed by atoms with Crippen molar-refractivity contribution in [3.05, 3.63) is 28.3 Å². The van der Waals surface area contributed by atoms with E-state index in [0.29, 0.717) is 30.0 Å². The van der Waals surface area contributed by atoms with Crippen molar-refractivity contribution in [1.29, 1.82) is 0 Å². The molecule has 10 heteroatoms. The lowest BCUT2D eigenvalue weighted by Gasteiger charge is -2.27. The maximum atomic E-state index is 13.3. The molecule has 2 aliphatic heterocycles. The summed E-state index contributed by atoms with van der Waals surface area (Å²) in [6, 6.07) is 0. The number of carbonyl (C=O) groups is 1. The van der Waals surface area contributed by atoms with Gasteiger partial charge in [0, 0.05) is 58.0 Å². The van der Waals surface area contributed by atoms with E-state index in [1.807, 2.05) is 11.9 Å². The first-order valence-electron chi connectivity index (χ1n) is 9.56. The van der Waals surface area contributed by atoms with E-state index < -0.39 is 10.0 Å². The molecular formula is C18H26N6O3S. The minimum atomic E-state index is -3.71. The normalized spacial score (nSPS) is 17.9. The zero-order valence-corrected chi connectivity index (χ0v) is 17.6. The maximum Gasteiger partial charge on any atom is 0.274 e. The zero-order chi connectivity index (χ0) is 20.2. The summed E-state index contributed by atoms with van der Waals surface area (Å²) in [5, 5.41) is 8.70. The molecule has 1 fully saturated rings. The van der Waals surface area contributed by atoms with Crippen molar-refractivity contribution < 1.29 is 13.2 Å². The Bertz CT molecular complexity index is 1050. The van der Waals surface area contributed by atoms with Crippen LogP contribution in [0, 0.1) is 13.8 Å². The van der Waals surface area contributed by atoms with Crippen molar-refractivity contribution in [2.24, 2.45) is 14.1 Å². The first-order valence-corrected chi connectivity index (χ1v) is 11.0. The van der Waals surface area contributed by atoms with E-state index >= 15 is 0 Å². The highest BCUT2D eigenvalue weighted by atomic mass is 32.2. The number of aryl methyl sites for hydroxylation is 3. The van der Waals surface area contributed by atoms with Gasteiger partial charge in [0.2, 0.25) is 10.0 Å². The van der Waals surface area contributed by atoms with Crippen LogP contribution in [0.2, 0.25) is 0 Å². The first-order chi connectivity index (χ1) is 13.2. The number of hydrogen-bond donors (Lipinski definition) is 0. The molecule has 0 bridgehead atoms. The average Bonchev–Trinajstić information content (AvgIpc) is 3.34. The number of amides is 1. The topological polar surface area (TPSA) is 93.3 Å². The predicted molar refractivity (Wildman–Crippen MR) is 102 cm³/mol. The second kappa shape index (κ2) is 6.70. The quantitative estimate of drug-likeness (QED) is 0.750. The second-order valence-electron chi connectivity index (χ2n) is 7.61. The number of nitrogens with zero attached hydrogens (tertiary/aromatic N) is 6. The summed E-state index contributed by atoms with van der Waals surface area (Å²) >= 11 is 0.